The molecule has 8 nitrogen and oxygen atoms in total. The number of carbonyl (C=O) groups excluding carboxylic acids is 1. The molecule has 2 aliphatic carbocycles. The molecule has 8 heteroatoms. The highest BCUT2D eigenvalue weighted by molar-refractivity contribution is 5.92. The lowest BCUT2D eigenvalue weighted by Crippen LogP contribution is -2.54. The number of aromatic nitrogens is 2. The SMILES string of the molecule is CN(C)CCn1c(=O)nc(NC(CC(C)(C)C2CCCC2)C(=O)NC2(C#N)Cc3ccccc3C2)c2ccccc21. The van der Waals surface area contributed by atoms with E-state index in [4.69, 9.17) is 0 Å². The molecule has 1 saturated carbocycles. The Labute approximate surface area is 242 Å². The summed E-state index contributed by atoms with van der Waals surface area (Å²) in [6, 6.07) is 17.5. The van der Waals surface area contributed by atoms with Gasteiger partial charge < -0.3 is 15.5 Å². The van der Waals surface area contributed by atoms with Gasteiger partial charge in [-0.05, 0) is 68.0 Å². The summed E-state index contributed by atoms with van der Waals surface area (Å²) in [4.78, 5) is 33.9. The number of fused-ring (bicyclic) bond motifs is 2. The predicted molar refractivity (Wildman–Crippen MR) is 163 cm³/mol. The molecule has 41 heavy (non-hydrogen) atoms. The van der Waals surface area contributed by atoms with Gasteiger partial charge >= 0.3 is 5.69 Å². The quantitative estimate of drug-likeness (QED) is 0.382. The van der Waals surface area contributed by atoms with Crippen LogP contribution < -0.4 is 16.3 Å². The molecule has 1 atom stereocenters. The second-order valence-corrected chi connectivity index (χ2v) is 12.9. The van der Waals surface area contributed by atoms with Crippen LogP contribution in [0.5, 0.6) is 0 Å². The minimum Gasteiger partial charge on any atom is -0.358 e. The minimum absolute atomic E-state index is 0.111. The van der Waals surface area contributed by atoms with Crippen LogP contribution in [0.15, 0.2) is 53.3 Å². The van der Waals surface area contributed by atoms with Crippen LogP contribution in [0.1, 0.15) is 57.1 Å². The van der Waals surface area contributed by atoms with Crippen LogP contribution >= 0.6 is 0 Å². The van der Waals surface area contributed by atoms with Crippen molar-refractivity contribution in [3.8, 4) is 6.07 Å². The fourth-order valence-electron chi connectivity index (χ4n) is 6.76. The zero-order valence-corrected chi connectivity index (χ0v) is 24.7. The van der Waals surface area contributed by atoms with Crippen LogP contribution in [-0.4, -0.2) is 52.6 Å². The van der Waals surface area contributed by atoms with Gasteiger partial charge in [0.15, 0.2) is 0 Å². The molecule has 216 valence electrons. The molecular formula is C33H42N6O2. The van der Waals surface area contributed by atoms with Crippen LogP contribution in [0, 0.1) is 22.7 Å². The molecule has 1 fully saturated rings. The van der Waals surface area contributed by atoms with E-state index in [-0.39, 0.29) is 17.0 Å². The van der Waals surface area contributed by atoms with E-state index in [9.17, 15) is 14.9 Å². The van der Waals surface area contributed by atoms with Crippen molar-refractivity contribution in [2.24, 2.45) is 11.3 Å². The second kappa shape index (κ2) is 11.7. The maximum Gasteiger partial charge on any atom is 0.350 e. The number of hydrogen-bond acceptors (Lipinski definition) is 6. The average Bonchev–Trinajstić information content (AvgIpc) is 3.61. The third-order valence-electron chi connectivity index (χ3n) is 9.16. The average molecular weight is 555 g/mol. The van der Waals surface area contributed by atoms with Crippen molar-refractivity contribution in [1.82, 2.24) is 19.8 Å². The van der Waals surface area contributed by atoms with Gasteiger partial charge in [-0.1, -0.05) is 63.1 Å². The monoisotopic (exact) mass is 554 g/mol. The maximum atomic E-state index is 14.1. The number of hydrogen-bond donors (Lipinski definition) is 2. The molecular weight excluding hydrogens is 512 g/mol. The Morgan fingerprint density at radius 2 is 1.76 bits per heavy atom. The van der Waals surface area contributed by atoms with Gasteiger partial charge in [0, 0.05) is 31.3 Å². The molecule has 0 spiro atoms. The van der Waals surface area contributed by atoms with Crippen molar-refractivity contribution in [1.29, 1.82) is 5.26 Å². The first-order valence-corrected chi connectivity index (χ1v) is 14.8. The first-order valence-electron chi connectivity index (χ1n) is 14.8. The van der Waals surface area contributed by atoms with Gasteiger partial charge in [0.2, 0.25) is 5.91 Å². The van der Waals surface area contributed by atoms with Crippen molar-refractivity contribution < 1.29 is 4.79 Å². The van der Waals surface area contributed by atoms with E-state index in [1.165, 1.54) is 12.8 Å². The number of likely N-dealkylation sites (N-methyl/N-ethyl adjacent to an activating group) is 1. The molecule has 1 unspecified atom stereocenters. The van der Waals surface area contributed by atoms with Crippen LogP contribution in [0.25, 0.3) is 10.9 Å². The summed E-state index contributed by atoms with van der Waals surface area (Å²) >= 11 is 0. The van der Waals surface area contributed by atoms with Crippen LogP contribution in [0.2, 0.25) is 0 Å². The minimum atomic E-state index is -0.997. The molecule has 0 radical (unpaired) electrons. The topological polar surface area (TPSA) is 103 Å². The Balaban J connectivity index is 1.48. The van der Waals surface area contributed by atoms with Crippen LogP contribution in [0.4, 0.5) is 5.82 Å². The van der Waals surface area contributed by atoms with Crippen molar-refractivity contribution in [3.63, 3.8) is 0 Å². The normalized spacial score (nSPS) is 17.4. The molecule has 0 aliphatic heterocycles. The molecule has 5 rings (SSSR count). The van der Waals surface area contributed by atoms with Crippen LogP contribution in [-0.2, 0) is 24.2 Å². The number of nitrogens with zero attached hydrogens (tertiary/aromatic N) is 4. The number of anilines is 1. The van der Waals surface area contributed by atoms with Gasteiger partial charge in [0.1, 0.15) is 17.4 Å². The van der Waals surface area contributed by atoms with E-state index in [0.29, 0.717) is 44.1 Å². The number of nitrogens with one attached hydrogen (secondary N) is 2. The summed E-state index contributed by atoms with van der Waals surface area (Å²) < 4.78 is 1.69. The molecule has 0 bridgehead atoms. The second-order valence-electron chi connectivity index (χ2n) is 12.9. The Morgan fingerprint density at radius 3 is 2.39 bits per heavy atom. The lowest BCUT2D eigenvalue weighted by molar-refractivity contribution is -0.124. The van der Waals surface area contributed by atoms with Gasteiger partial charge in [0.25, 0.3) is 0 Å². The molecule has 2 N–H and O–H groups in total. The molecule has 0 saturated heterocycles. The van der Waals surface area contributed by atoms with Gasteiger partial charge in [0.05, 0.1) is 11.6 Å². The number of para-hydroxylation sites is 1. The summed E-state index contributed by atoms with van der Waals surface area (Å²) in [5.74, 6) is 0.701. The van der Waals surface area contributed by atoms with E-state index in [1.807, 2.05) is 67.5 Å². The Kier molecular flexibility index (Phi) is 8.19. The highest BCUT2D eigenvalue weighted by Gasteiger charge is 2.42. The third kappa shape index (κ3) is 6.15. The molecule has 3 aromatic rings. The Bertz CT molecular complexity index is 1490. The van der Waals surface area contributed by atoms with Gasteiger partial charge in [-0.2, -0.15) is 10.2 Å². The smallest absolute Gasteiger partial charge is 0.350 e. The van der Waals surface area contributed by atoms with Gasteiger partial charge in [-0.15, -0.1) is 0 Å². The number of carbonyl (C=O) groups is 1. The molecule has 1 aromatic heterocycles. The number of amides is 1. The predicted octanol–water partition coefficient (Wildman–Crippen LogP) is 4.52. The Morgan fingerprint density at radius 1 is 1.12 bits per heavy atom. The summed E-state index contributed by atoms with van der Waals surface area (Å²) in [6.07, 6.45) is 6.26. The first-order chi connectivity index (χ1) is 19.6. The van der Waals surface area contributed by atoms with E-state index < -0.39 is 11.6 Å². The summed E-state index contributed by atoms with van der Waals surface area (Å²) in [5, 5.41) is 17.6. The number of rotatable bonds is 10. The lowest BCUT2D eigenvalue weighted by atomic mass is 9.73. The largest absolute Gasteiger partial charge is 0.358 e. The fourth-order valence-corrected chi connectivity index (χ4v) is 6.76. The maximum absolute atomic E-state index is 14.1. The van der Waals surface area contributed by atoms with Gasteiger partial charge in [-0.25, -0.2) is 4.79 Å². The molecule has 1 heterocycles. The summed E-state index contributed by atoms with van der Waals surface area (Å²) in [7, 11) is 3.95. The standard InChI is InChI=1S/C33H42N6O2/c1-32(2,25-13-7-8-14-25)21-27(30(40)37-33(22-34)19-23-11-5-6-12-24(23)20-33)35-29-26-15-9-10-16-28(26)39(31(41)36-29)18-17-38(3)4/h5-6,9-12,15-16,25,27H,7-8,13-14,17-21H2,1-4H3,(H,37,40)(H,35,36,41). The number of benzene rings is 2. The zero-order valence-electron chi connectivity index (χ0n) is 24.7. The van der Waals surface area contributed by atoms with E-state index >= 15 is 0 Å². The van der Waals surface area contributed by atoms with E-state index in [0.717, 1.165) is 34.9 Å². The van der Waals surface area contributed by atoms with Gasteiger partial charge in [-0.3, -0.25) is 9.36 Å². The summed E-state index contributed by atoms with van der Waals surface area (Å²) in [6.45, 7) is 5.70. The third-order valence-corrected chi connectivity index (χ3v) is 9.16. The van der Waals surface area contributed by atoms with E-state index in [1.54, 1.807) is 4.57 Å². The van der Waals surface area contributed by atoms with Crippen molar-refractivity contribution in [2.75, 3.05) is 26.0 Å². The molecule has 2 aromatic carbocycles. The van der Waals surface area contributed by atoms with E-state index in [2.05, 4.69) is 35.5 Å². The Hall–Kier alpha value is -3.70. The first kappa shape index (κ1) is 28.8. The molecule has 1 amide bonds. The fraction of sp³-hybridized carbons (Fsp3) is 0.515. The highest BCUT2D eigenvalue weighted by atomic mass is 16.2. The van der Waals surface area contributed by atoms with Crippen LogP contribution in [0.3, 0.4) is 0 Å². The highest BCUT2D eigenvalue weighted by Crippen LogP contribution is 2.43. The zero-order chi connectivity index (χ0) is 29.2. The van der Waals surface area contributed by atoms with Crippen molar-refractivity contribution >= 4 is 22.6 Å². The molecule has 2 aliphatic rings. The van der Waals surface area contributed by atoms with Crippen molar-refractivity contribution in [3.05, 3.63) is 70.1 Å². The number of nitriles is 1. The lowest BCUT2D eigenvalue weighted by Gasteiger charge is -2.36. The summed E-state index contributed by atoms with van der Waals surface area (Å²) in [5.41, 5.74) is 1.52. The van der Waals surface area contributed by atoms with Crippen molar-refractivity contribution in [2.45, 2.75) is 76.9 Å².